The van der Waals surface area contributed by atoms with E-state index in [4.69, 9.17) is 4.74 Å². The van der Waals surface area contributed by atoms with E-state index in [1.165, 1.54) is 0 Å². The summed E-state index contributed by atoms with van der Waals surface area (Å²) < 4.78 is 5.36. The first-order valence-corrected chi connectivity index (χ1v) is 6.11. The van der Waals surface area contributed by atoms with Gasteiger partial charge in [-0.2, -0.15) is 5.26 Å². The van der Waals surface area contributed by atoms with E-state index < -0.39 is 0 Å². The lowest BCUT2D eigenvalue weighted by atomic mass is 9.98. The molecule has 0 aliphatic rings. The Morgan fingerprint density at radius 1 is 1.32 bits per heavy atom. The third-order valence-corrected chi connectivity index (χ3v) is 3.04. The molecule has 0 aliphatic carbocycles. The van der Waals surface area contributed by atoms with Gasteiger partial charge in [-0.05, 0) is 17.0 Å². The van der Waals surface area contributed by atoms with Crippen molar-refractivity contribution in [1.29, 1.82) is 5.26 Å². The standard InChI is InChI=1S/C16H16N2O/c1-3-10-18-15(11-17)13-8-9-16(19-2)14-7-5-4-6-12(13)14/h3-9,15,18H,1,10H2,2H3. The maximum Gasteiger partial charge on any atom is 0.126 e. The topological polar surface area (TPSA) is 45.0 Å². The van der Waals surface area contributed by atoms with Crippen molar-refractivity contribution in [2.75, 3.05) is 13.7 Å². The van der Waals surface area contributed by atoms with Crippen molar-refractivity contribution in [1.82, 2.24) is 5.32 Å². The Bertz CT molecular complexity index is 628. The maximum atomic E-state index is 9.31. The lowest BCUT2D eigenvalue weighted by Gasteiger charge is -2.15. The van der Waals surface area contributed by atoms with E-state index in [2.05, 4.69) is 18.0 Å². The maximum absolute atomic E-state index is 9.31. The zero-order valence-electron chi connectivity index (χ0n) is 10.9. The van der Waals surface area contributed by atoms with E-state index >= 15 is 0 Å². The van der Waals surface area contributed by atoms with Crippen molar-refractivity contribution in [2.45, 2.75) is 6.04 Å². The van der Waals surface area contributed by atoms with E-state index in [0.717, 1.165) is 22.1 Å². The Hall–Kier alpha value is -2.31. The second-order valence-corrected chi connectivity index (χ2v) is 4.16. The number of hydrogen-bond donors (Lipinski definition) is 1. The number of nitriles is 1. The monoisotopic (exact) mass is 252 g/mol. The van der Waals surface area contributed by atoms with Crippen LogP contribution in [-0.4, -0.2) is 13.7 Å². The van der Waals surface area contributed by atoms with Crippen LogP contribution in [0.1, 0.15) is 11.6 Å². The highest BCUT2D eigenvalue weighted by molar-refractivity contribution is 5.91. The molecule has 2 aromatic carbocycles. The van der Waals surface area contributed by atoms with Crippen molar-refractivity contribution < 1.29 is 4.74 Å². The SMILES string of the molecule is C=CCNC(C#N)c1ccc(OC)c2ccccc12. The molecule has 0 amide bonds. The first kappa shape index (κ1) is 13.1. The van der Waals surface area contributed by atoms with Gasteiger partial charge < -0.3 is 4.74 Å². The smallest absolute Gasteiger partial charge is 0.126 e. The van der Waals surface area contributed by atoms with E-state index in [9.17, 15) is 5.26 Å². The molecular weight excluding hydrogens is 236 g/mol. The summed E-state index contributed by atoms with van der Waals surface area (Å²) in [4.78, 5) is 0. The van der Waals surface area contributed by atoms with Crippen LogP contribution < -0.4 is 10.1 Å². The molecule has 96 valence electrons. The molecule has 0 saturated heterocycles. The second kappa shape index (κ2) is 6.03. The molecule has 2 rings (SSSR count). The number of methoxy groups -OCH3 is 1. The molecule has 1 unspecified atom stereocenters. The van der Waals surface area contributed by atoms with Crippen molar-refractivity contribution in [3.8, 4) is 11.8 Å². The first-order chi connectivity index (χ1) is 9.31. The van der Waals surface area contributed by atoms with Gasteiger partial charge in [0.1, 0.15) is 11.8 Å². The Kier molecular flexibility index (Phi) is 4.17. The van der Waals surface area contributed by atoms with Crippen LogP contribution in [0.25, 0.3) is 10.8 Å². The van der Waals surface area contributed by atoms with Crippen molar-refractivity contribution in [3.05, 3.63) is 54.6 Å². The minimum Gasteiger partial charge on any atom is -0.496 e. The minimum absolute atomic E-state index is 0.353. The average molecular weight is 252 g/mol. The third kappa shape index (κ3) is 2.59. The van der Waals surface area contributed by atoms with Crippen molar-refractivity contribution in [3.63, 3.8) is 0 Å². The molecular formula is C16H16N2O. The van der Waals surface area contributed by atoms with E-state index in [1.54, 1.807) is 13.2 Å². The van der Waals surface area contributed by atoms with Gasteiger partial charge in [0.25, 0.3) is 0 Å². The fourth-order valence-electron chi connectivity index (χ4n) is 2.15. The van der Waals surface area contributed by atoms with Crippen LogP contribution in [0, 0.1) is 11.3 Å². The number of rotatable bonds is 5. The average Bonchev–Trinajstić information content (AvgIpc) is 2.48. The summed E-state index contributed by atoms with van der Waals surface area (Å²) in [7, 11) is 1.65. The van der Waals surface area contributed by atoms with E-state index in [-0.39, 0.29) is 6.04 Å². The van der Waals surface area contributed by atoms with Gasteiger partial charge in [-0.1, -0.05) is 36.4 Å². The molecule has 0 bridgehead atoms. The second-order valence-electron chi connectivity index (χ2n) is 4.16. The molecule has 0 fully saturated rings. The number of hydrogen-bond acceptors (Lipinski definition) is 3. The van der Waals surface area contributed by atoms with E-state index in [1.807, 2.05) is 36.4 Å². The summed E-state index contributed by atoms with van der Waals surface area (Å²) in [5.41, 5.74) is 0.959. The zero-order valence-corrected chi connectivity index (χ0v) is 10.9. The van der Waals surface area contributed by atoms with Gasteiger partial charge in [-0.3, -0.25) is 5.32 Å². The van der Waals surface area contributed by atoms with E-state index in [0.29, 0.717) is 6.54 Å². The highest BCUT2D eigenvalue weighted by atomic mass is 16.5. The number of nitrogens with zero attached hydrogens (tertiary/aromatic N) is 1. The molecule has 0 radical (unpaired) electrons. The summed E-state index contributed by atoms with van der Waals surface area (Å²) in [5.74, 6) is 0.819. The van der Waals surface area contributed by atoms with Gasteiger partial charge in [0.05, 0.1) is 13.2 Å². The molecule has 3 nitrogen and oxygen atoms in total. The van der Waals surface area contributed by atoms with Crippen LogP contribution in [-0.2, 0) is 0 Å². The molecule has 0 aromatic heterocycles. The van der Waals surface area contributed by atoms with Gasteiger partial charge in [0.15, 0.2) is 0 Å². The van der Waals surface area contributed by atoms with Crippen LogP contribution in [0.5, 0.6) is 5.75 Å². The number of benzene rings is 2. The fourth-order valence-corrected chi connectivity index (χ4v) is 2.15. The predicted octanol–water partition coefficient (Wildman–Crippen LogP) is 3.19. The van der Waals surface area contributed by atoms with Gasteiger partial charge >= 0.3 is 0 Å². The van der Waals surface area contributed by atoms with Crippen LogP contribution in [0.2, 0.25) is 0 Å². The molecule has 3 heteroatoms. The summed E-state index contributed by atoms with van der Waals surface area (Å²) >= 11 is 0. The van der Waals surface area contributed by atoms with Gasteiger partial charge in [0, 0.05) is 11.9 Å². The quantitative estimate of drug-likeness (QED) is 0.831. The molecule has 1 N–H and O–H groups in total. The summed E-state index contributed by atoms with van der Waals surface area (Å²) in [6.07, 6.45) is 1.75. The summed E-state index contributed by atoms with van der Waals surface area (Å²) in [5, 5.41) is 14.5. The number of nitrogens with one attached hydrogen (secondary N) is 1. The zero-order chi connectivity index (χ0) is 13.7. The molecule has 0 saturated carbocycles. The Morgan fingerprint density at radius 3 is 2.68 bits per heavy atom. The Balaban J connectivity index is 2.55. The third-order valence-electron chi connectivity index (χ3n) is 3.04. The first-order valence-electron chi connectivity index (χ1n) is 6.11. The molecule has 0 spiro atoms. The summed E-state index contributed by atoms with van der Waals surface area (Å²) in [6.45, 7) is 4.25. The normalized spacial score (nSPS) is 11.8. The van der Waals surface area contributed by atoms with Crippen molar-refractivity contribution in [2.24, 2.45) is 0 Å². The molecule has 0 aliphatic heterocycles. The minimum atomic E-state index is -0.353. The van der Waals surface area contributed by atoms with Crippen LogP contribution in [0.4, 0.5) is 0 Å². The highest BCUT2D eigenvalue weighted by Crippen LogP contribution is 2.31. The van der Waals surface area contributed by atoms with Crippen LogP contribution in [0.3, 0.4) is 0 Å². The lowest BCUT2D eigenvalue weighted by molar-refractivity contribution is 0.419. The number of ether oxygens (including phenoxy) is 1. The molecule has 19 heavy (non-hydrogen) atoms. The van der Waals surface area contributed by atoms with Gasteiger partial charge in [-0.15, -0.1) is 6.58 Å². The molecule has 1 atom stereocenters. The Labute approximate surface area is 113 Å². The van der Waals surface area contributed by atoms with Crippen LogP contribution in [0.15, 0.2) is 49.1 Å². The van der Waals surface area contributed by atoms with Crippen LogP contribution >= 0.6 is 0 Å². The number of fused-ring (bicyclic) bond motifs is 1. The molecule has 0 heterocycles. The van der Waals surface area contributed by atoms with Crippen molar-refractivity contribution >= 4 is 10.8 Å². The largest absolute Gasteiger partial charge is 0.496 e. The lowest BCUT2D eigenvalue weighted by Crippen LogP contribution is -2.20. The van der Waals surface area contributed by atoms with Gasteiger partial charge in [-0.25, -0.2) is 0 Å². The predicted molar refractivity (Wildman–Crippen MR) is 77.1 cm³/mol. The highest BCUT2D eigenvalue weighted by Gasteiger charge is 2.14. The fraction of sp³-hybridized carbons (Fsp3) is 0.188. The van der Waals surface area contributed by atoms with Gasteiger partial charge in [0.2, 0.25) is 0 Å². The Morgan fingerprint density at radius 2 is 2.05 bits per heavy atom. The molecule has 2 aromatic rings. The summed E-state index contributed by atoms with van der Waals surface area (Å²) in [6, 6.07) is 13.7.